The second-order valence-corrected chi connectivity index (χ2v) is 6.39. The van der Waals surface area contributed by atoms with Crippen molar-refractivity contribution >= 4 is 17.2 Å². The summed E-state index contributed by atoms with van der Waals surface area (Å²) in [6, 6.07) is 4.09. The molecule has 20 heavy (non-hydrogen) atoms. The van der Waals surface area contributed by atoms with Gasteiger partial charge in [-0.25, -0.2) is 0 Å². The van der Waals surface area contributed by atoms with Gasteiger partial charge in [0.05, 0.1) is 19.3 Å². The Labute approximate surface area is 122 Å². The molecule has 0 bridgehead atoms. The van der Waals surface area contributed by atoms with Crippen LogP contribution in [0.1, 0.15) is 23.9 Å². The maximum atomic E-state index is 12.6. The highest BCUT2D eigenvalue weighted by molar-refractivity contribution is 7.10. The standard InChI is InChI=1S/C14H20N2O3S/c1-18-9-10(19-2)8-16-12(11-4-3-7-20-11)15-14(5-6-14)13(16)17/h3-4,7,10,12,15H,5-6,8-9H2,1-2H3. The highest BCUT2D eigenvalue weighted by Crippen LogP contribution is 2.46. The van der Waals surface area contributed by atoms with Crippen molar-refractivity contribution in [3.63, 3.8) is 0 Å². The average molecular weight is 296 g/mol. The molecule has 2 fully saturated rings. The summed E-state index contributed by atoms with van der Waals surface area (Å²) in [7, 11) is 3.31. The van der Waals surface area contributed by atoms with E-state index in [4.69, 9.17) is 9.47 Å². The first kappa shape index (κ1) is 14.0. The fourth-order valence-electron chi connectivity index (χ4n) is 2.74. The molecule has 110 valence electrons. The molecule has 2 unspecified atom stereocenters. The molecule has 1 amide bonds. The zero-order chi connectivity index (χ0) is 14.2. The van der Waals surface area contributed by atoms with Gasteiger partial charge in [0, 0.05) is 19.1 Å². The largest absolute Gasteiger partial charge is 0.382 e. The summed E-state index contributed by atoms with van der Waals surface area (Å²) in [6.45, 7) is 1.05. The number of carbonyl (C=O) groups is 1. The van der Waals surface area contributed by atoms with Gasteiger partial charge >= 0.3 is 0 Å². The minimum Gasteiger partial charge on any atom is -0.382 e. The number of nitrogens with one attached hydrogen (secondary N) is 1. The first-order valence-corrected chi connectivity index (χ1v) is 7.72. The van der Waals surface area contributed by atoms with E-state index in [1.54, 1.807) is 25.6 Å². The molecule has 3 rings (SSSR count). The van der Waals surface area contributed by atoms with Crippen LogP contribution < -0.4 is 5.32 Å². The number of ether oxygens (including phenoxy) is 2. The van der Waals surface area contributed by atoms with E-state index in [0.29, 0.717) is 13.2 Å². The van der Waals surface area contributed by atoms with Crippen LogP contribution in [-0.2, 0) is 14.3 Å². The summed E-state index contributed by atoms with van der Waals surface area (Å²) >= 11 is 1.67. The molecule has 1 saturated carbocycles. The molecule has 1 aromatic heterocycles. The molecule has 2 atom stereocenters. The molecule has 1 aliphatic carbocycles. The number of hydrogen-bond acceptors (Lipinski definition) is 5. The normalized spacial score (nSPS) is 25.4. The van der Waals surface area contributed by atoms with Crippen LogP contribution in [-0.4, -0.2) is 49.8 Å². The van der Waals surface area contributed by atoms with Crippen molar-refractivity contribution in [3.05, 3.63) is 22.4 Å². The second-order valence-electron chi connectivity index (χ2n) is 5.41. The predicted octanol–water partition coefficient (Wildman–Crippen LogP) is 1.37. The van der Waals surface area contributed by atoms with Gasteiger partial charge in [-0.05, 0) is 24.3 Å². The fraction of sp³-hybridized carbons (Fsp3) is 0.643. The molecule has 5 nitrogen and oxygen atoms in total. The molecule has 2 aliphatic rings. The smallest absolute Gasteiger partial charge is 0.244 e. The maximum absolute atomic E-state index is 12.6. The van der Waals surface area contributed by atoms with Crippen LogP contribution in [0.3, 0.4) is 0 Å². The Morgan fingerprint density at radius 1 is 1.55 bits per heavy atom. The van der Waals surface area contributed by atoms with Crippen LogP contribution in [0.5, 0.6) is 0 Å². The monoisotopic (exact) mass is 296 g/mol. The summed E-state index contributed by atoms with van der Waals surface area (Å²) < 4.78 is 10.6. The van der Waals surface area contributed by atoms with Gasteiger partial charge in [-0.15, -0.1) is 11.3 Å². The molecule has 0 aromatic carbocycles. The van der Waals surface area contributed by atoms with E-state index in [0.717, 1.165) is 12.8 Å². The lowest BCUT2D eigenvalue weighted by Gasteiger charge is -2.27. The SMILES string of the molecule is COCC(CN1C(=O)C2(CC2)NC1c1cccs1)OC. The topological polar surface area (TPSA) is 50.8 Å². The van der Waals surface area contributed by atoms with Crippen LogP contribution in [0.2, 0.25) is 0 Å². The minimum atomic E-state index is -0.306. The second kappa shape index (κ2) is 5.44. The number of amides is 1. The Morgan fingerprint density at radius 3 is 2.90 bits per heavy atom. The molecular formula is C14H20N2O3S. The summed E-state index contributed by atoms with van der Waals surface area (Å²) in [5.41, 5.74) is -0.306. The average Bonchev–Trinajstić information content (AvgIpc) is 2.93. The molecule has 1 aromatic rings. The van der Waals surface area contributed by atoms with Gasteiger partial charge in [0.15, 0.2) is 0 Å². The molecule has 6 heteroatoms. The Morgan fingerprint density at radius 2 is 2.35 bits per heavy atom. The van der Waals surface area contributed by atoms with E-state index < -0.39 is 0 Å². The molecular weight excluding hydrogens is 276 g/mol. The van der Waals surface area contributed by atoms with E-state index in [9.17, 15) is 4.79 Å². The Hall–Kier alpha value is -0.950. The van der Waals surface area contributed by atoms with Crippen molar-refractivity contribution in [3.8, 4) is 0 Å². The molecule has 1 saturated heterocycles. The van der Waals surface area contributed by atoms with Crippen molar-refractivity contribution in [1.29, 1.82) is 0 Å². The number of methoxy groups -OCH3 is 2. The lowest BCUT2D eigenvalue weighted by molar-refractivity contribution is -0.133. The van der Waals surface area contributed by atoms with Crippen LogP contribution in [0.15, 0.2) is 17.5 Å². The van der Waals surface area contributed by atoms with E-state index in [1.165, 1.54) is 4.88 Å². The van der Waals surface area contributed by atoms with E-state index in [-0.39, 0.29) is 23.7 Å². The minimum absolute atomic E-state index is 0.0282. The zero-order valence-electron chi connectivity index (χ0n) is 11.8. The third-order valence-electron chi connectivity index (χ3n) is 4.04. The third kappa shape index (κ3) is 2.37. The number of thiophene rings is 1. The predicted molar refractivity (Wildman–Crippen MR) is 76.5 cm³/mol. The van der Waals surface area contributed by atoms with Gasteiger partial charge in [0.2, 0.25) is 5.91 Å². The Bertz CT molecular complexity index is 473. The fourth-order valence-corrected chi connectivity index (χ4v) is 3.52. The quantitative estimate of drug-likeness (QED) is 0.861. The summed E-state index contributed by atoms with van der Waals surface area (Å²) in [5.74, 6) is 0.203. The van der Waals surface area contributed by atoms with Crippen LogP contribution in [0.25, 0.3) is 0 Å². The van der Waals surface area contributed by atoms with Crippen LogP contribution in [0.4, 0.5) is 0 Å². The lowest BCUT2D eigenvalue weighted by Crippen LogP contribution is -2.40. The van der Waals surface area contributed by atoms with Gasteiger partial charge in [-0.3, -0.25) is 10.1 Å². The Kier molecular flexibility index (Phi) is 3.81. The number of hydrogen-bond donors (Lipinski definition) is 1. The van der Waals surface area contributed by atoms with Crippen LogP contribution >= 0.6 is 11.3 Å². The van der Waals surface area contributed by atoms with Crippen molar-refractivity contribution in [1.82, 2.24) is 10.2 Å². The Balaban J connectivity index is 1.79. The zero-order valence-corrected chi connectivity index (χ0v) is 12.6. The van der Waals surface area contributed by atoms with Gasteiger partial charge in [0.25, 0.3) is 0 Å². The van der Waals surface area contributed by atoms with Crippen molar-refractivity contribution in [2.45, 2.75) is 30.7 Å². The van der Waals surface area contributed by atoms with E-state index in [1.807, 2.05) is 16.3 Å². The summed E-state index contributed by atoms with van der Waals surface area (Å²) in [5, 5.41) is 5.55. The van der Waals surface area contributed by atoms with Gasteiger partial charge in [-0.1, -0.05) is 6.07 Å². The van der Waals surface area contributed by atoms with Crippen molar-refractivity contribution in [2.24, 2.45) is 0 Å². The highest BCUT2D eigenvalue weighted by atomic mass is 32.1. The first-order valence-electron chi connectivity index (χ1n) is 6.84. The summed E-state index contributed by atoms with van der Waals surface area (Å²) in [6.07, 6.45) is 1.75. The van der Waals surface area contributed by atoms with Crippen LogP contribution in [0, 0.1) is 0 Å². The molecule has 1 N–H and O–H groups in total. The van der Waals surface area contributed by atoms with Crippen molar-refractivity contribution < 1.29 is 14.3 Å². The van der Waals surface area contributed by atoms with Gasteiger partial charge in [0.1, 0.15) is 11.7 Å². The highest BCUT2D eigenvalue weighted by Gasteiger charge is 2.59. The van der Waals surface area contributed by atoms with Gasteiger partial charge in [-0.2, -0.15) is 0 Å². The lowest BCUT2D eigenvalue weighted by atomic mass is 10.2. The third-order valence-corrected chi connectivity index (χ3v) is 4.97. The number of nitrogens with zero attached hydrogens (tertiary/aromatic N) is 1. The number of rotatable bonds is 6. The first-order chi connectivity index (χ1) is 9.70. The molecule has 2 heterocycles. The molecule has 1 spiro atoms. The number of carbonyl (C=O) groups excluding carboxylic acids is 1. The maximum Gasteiger partial charge on any atom is 0.244 e. The van der Waals surface area contributed by atoms with Crippen molar-refractivity contribution in [2.75, 3.05) is 27.4 Å². The van der Waals surface area contributed by atoms with Gasteiger partial charge < -0.3 is 14.4 Å². The molecule has 0 radical (unpaired) electrons. The molecule has 1 aliphatic heterocycles. The summed E-state index contributed by atoms with van der Waals surface area (Å²) in [4.78, 5) is 15.7. The van der Waals surface area contributed by atoms with E-state index in [2.05, 4.69) is 11.4 Å². The van der Waals surface area contributed by atoms with E-state index >= 15 is 0 Å².